The number of benzene rings is 2. The molecule has 9 nitrogen and oxygen atoms in total. The largest absolute Gasteiger partial charge is 0.496 e. The van der Waals surface area contributed by atoms with Gasteiger partial charge in [0.05, 0.1) is 45.8 Å². The van der Waals surface area contributed by atoms with E-state index < -0.39 is 0 Å². The highest BCUT2D eigenvalue weighted by Gasteiger charge is 2.16. The highest BCUT2D eigenvalue weighted by atomic mass is 32.1. The summed E-state index contributed by atoms with van der Waals surface area (Å²) in [5.41, 5.74) is 7.57. The van der Waals surface area contributed by atoms with E-state index >= 15 is 0 Å². The normalized spacial score (nSPS) is 11.5. The Morgan fingerprint density at radius 3 is 2.92 bits per heavy atom. The van der Waals surface area contributed by atoms with Crippen LogP contribution in [0.5, 0.6) is 11.5 Å². The van der Waals surface area contributed by atoms with E-state index in [1.165, 1.54) is 11.3 Å². The second-order valence-electron chi connectivity index (χ2n) is 8.64. The number of furan rings is 1. The van der Waals surface area contributed by atoms with Gasteiger partial charge < -0.3 is 19.2 Å². The lowest BCUT2D eigenvalue weighted by molar-refractivity contribution is 0.303. The van der Waals surface area contributed by atoms with Gasteiger partial charge in [-0.05, 0) is 43.3 Å². The standard InChI is InChI=1S/C27H20N6O3S2/c1-15-3-6-26-31-21(11-33(26)32-15)24-10-19-22(8-18(34-2)9-23(19)36-24)35-12-17-13-37-27(30-17)29-16-4-5-25-20(7-16)28-14-38-25/h3-11,13-14H,12H2,1-2H3,(H,29,30). The summed E-state index contributed by atoms with van der Waals surface area (Å²) < 4.78 is 20.8. The van der Waals surface area contributed by atoms with Gasteiger partial charge in [0.2, 0.25) is 0 Å². The van der Waals surface area contributed by atoms with Crippen LogP contribution in [0.15, 0.2) is 70.0 Å². The van der Waals surface area contributed by atoms with E-state index in [1.807, 2.05) is 66.5 Å². The van der Waals surface area contributed by atoms with Gasteiger partial charge in [-0.3, -0.25) is 0 Å². The van der Waals surface area contributed by atoms with Crippen LogP contribution >= 0.6 is 22.7 Å². The molecule has 0 bridgehead atoms. The second kappa shape index (κ2) is 9.12. The Morgan fingerprint density at radius 1 is 1.05 bits per heavy atom. The van der Waals surface area contributed by atoms with Crippen LogP contribution in [0.25, 0.3) is 38.3 Å². The summed E-state index contributed by atoms with van der Waals surface area (Å²) in [6, 6.07) is 15.6. The fraction of sp³-hybridized carbons (Fsp3) is 0.111. The van der Waals surface area contributed by atoms with Crippen LogP contribution in [0.2, 0.25) is 0 Å². The second-order valence-corrected chi connectivity index (χ2v) is 10.4. The molecule has 0 saturated carbocycles. The topological polar surface area (TPSA) is 99.6 Å². The van der Waals surface area contributed by atoms with Crippen molar-refractivity contribution in [2.45, 2.75) is 13.5 Å². The first-order valence-electron chi connectivity index (χ1n) is 11.7. The summed E-state index contributed by atoms with van der Waals surface area (Å²) in [7, 11) is 1.62. The summed E-state index contributed by atoms with van der Waals surface area (Å²) in [6.07, 6.45) is 1.85. The highest BCUT2D eigenvalue weighted by molar-refractivity contribution is 7.16. The molecular formula is C27H20N6O3S2. The average Bonchev–Trinajstić information content (AvgIpc) is 3.72. The first-order valence-corrected chi connectivity index (χ1v) is 13.5. The van der Waals surface area contributed by atoms with Crippen LogP contribution < -0.4 is 14.8 Å². The molecule has 0 amide bonds. The van der Waals surface area contributed by atoms with E-state index in [4.69, 9.17) is 13.9 Å². The van der Waals surface area contributed by atoms with Crippen LogP contribution in [0.1, 0.15) is 11.4 Å². The van der Waals surface area contributed by atoms with Gasteiger partial charge in [-0.25, -0.2) is 19.5 Å². The number of hydrogen-bond acceptors (Lipinski definition) is 10. The fourth-order valence-electron chi connectivity index (χ4n) is 4.18. The molecule has 11 heteroatoms. The van der Waals surface area contributed by atoms with Gasteiger partial charge in [0.1, 0.15) is 29.4 Å². The molecule has 0 unspecified atom stereocenters. The number of rotatable bonds is 7. The number of methoxy groups -OCH3 is 1. The van der Waals surface area contributed by atoms with Crippen molar-refractivity contribution in [3.8, 4) is 23.0 Å². The van der Waals surface area contributed by atoms with Crippen LogP contribution in [-0.2, 0) is 6.61 Å². The van der Waals surface area contributed by atoms with Crippen molar-refractivity contribution in [2.75, 3.05) is 12.4 Å². The number of fused-ring (bicyclic) bond motifs is 3. The number of ether oxygens (including phenoxy) is 2. The maximum absolute atomic E-state index is 6.21. The van der Waals surface area contributed by atoms with E-state index in [0.29, 0.717) is 35.1 Å². The number of nitrogens with one attached hydrogen (secondary N) is 1. The van der Waals surface area contributed by atoms with Gasteiger partial charge in [0, 0.05) is 23.2 Å². The summed E-state index contributed by atoms with van der Waals surface area (Å²) in [5, 5.41) is 11.4. The predicted octanol–water partition coefficient (Wildman–Crippen LogP) is 6.85. The third-order valence-electron chi connectivity index (χ3n) is 6.02. The predicted molar refractivity (Wildman–Crippen MR) is 149 cm³/mol. The average molecular weight is 541 g/mol. The summed E-state index contributed by atoms with van der Waals surface area (Å²) in [4.78, 5) is 13.7. The van der Waals surface area contributed by atoms with Gasteiger partial charge >= 0.3 is 0 Å². The molecule has 0 spiro atoms. The lowest BCUT2D eigenvalue weighted by atomic mass is 10.2. The summed E-state index contributed by atoms with van der Waals surface area (Å²) in [6.45, 7) is 2.24. The van der Waals surface area contributed by atoms with E-state index in [9.17, 15) is 0 Å². The molecule has 0 radical (unpaired) electrons. The number of imidazole rings is 1. The van der Waals surface area contributed by atoms with Crippen LogP contribution in [0, 0.1) is 6.92 Å². The molecule has 0 aliphatic rings. The molecule has 5 heterocycles. The quantitative estimate of drug-likeness (QED) is 0.234. The minimum atomic E-state index is 0.295. The molecule has 0 fully saturated rings. The molecule has 2 aromatic carbocycles. The Balaban J connectivity index is 1.13. The van der Waals surface area contributed by atoms with Crippen LogP contribution in [0.4, 0.5) is 10.8 Å². The van der Waals surface area contributed by atoms with Crippen molar-refractivity contribution in [3.05, 3.63) is 77.0 Å². The zero-order valence-electron chi connectivity index (χ0n) is 20.3. The van der Waals surface area contributed by atoms with Crippen molar-refractivity contribution in [1.82, 2.24) is 24.6 Å². The van der Waals surface area contributed by atoms with Gasteiger partial charge in [0.25, 0.3) is 0 Å². The molecule has 5 aromatic heterocycles. The number of nitrogens with zero attached hydrogens (tertiary/aromatic N) is 5. The fourth-order valence-corrected chi connectivity index (χ4v) is 5.56. The molecular weight excluding hydrogens is 520 g/mol. The van der Waals surface area contributed by atoms with E-state index in [1.54, 1.807) is 23.0 Å². The molecule has 38 heavy (non-hydrogen) atoms. The number of thiazole rings is 2. The molecule has 0 saturated heterocycles. The maximum Gasteiger partial charge on any atom is 0.187 e. The van der Waals surface area contributed by atoms with E-state index in [0.717, 1.165) is 43.5 Å². The molecule has 0 aliphatic heterocycles. The number of aromatic nitrogens is 5. The summed E-state index contributed by atoms with van der Waals surface area (Å²) in [5.74, 6) is 1.90. The smallest absolute Gasteiger partial charge is 0.187 e. The van der Waals surface area contributed by atoms with Gasteiger partial charge in [0.15, 0.2) is 16.5 Å². The lowest BCUT2D eigenvalue weighted by Gasteiger charge is -2.08. The molecule has 1 N–H and O–H groups in total. The van der Waals surface area contributed by atoms with Crippen molar-refractivity contribution in [1.29, 1.82) is 0 Å². The van der Waals surface area contributed by atoms with Crippen LogP contribution in [0.3, 0.4) is 0 Å². The maximum atomic E-state index is 6.21. The van der Waals surface area contributed by atoms with Crippen molar-refractivity contribution < 1.29 is 13.9 Å². The van der Waals surface area contributed by atoms with E-state index in [-0.39, 0.29) is 0 Å². The van der Waals surface area contributed by atoms with Gasteiger partial charge in [-0.2, -0.15) is 5.10 Å². The Labute approximate surface area is 224 Å². The van der Waals surface area contributed by atoms with Gasteiger partial charge in [-0.1, -0.05) is 0 Å². The number of hydrogen-bond donors (Lipinski definition) is 1. The van der Waals surface area contributed by atoms with Crippen LogP contribution in [-0.4, -0.2) is 31.7 Å². The van der Waals surface area contributed by atoms with Crippen molar-refractivity contribution in [2.24, 2.45) is 0 Å². The number of anilines is 2. The monoisotopic (exact) mass is 540 g/mol. The highest BCUT2D eigenvalue weighted by Crippen LogP contribution is 2.37. The van der Waals surface area contributed by atoms with Crippen molar-refractivity contribution in [3.63, 3.8) is 0 Å². The molecule has 0 atom stereocenters. The number of aryl methyl sites for hydroxylation is 1. The SMILES string of the molecule is COc1cc(OCc2csc(Nc3ccc4scnc4c3)n2)c2cc(-c3cn4nc(C)ccc4n3)oc2c1. The van der Waals surface area contributed by atoms with Gasteiger partial charge in [-0.15, -0.1) is 22.7 Å². The molecule has 7 aromatic rings. The Morgan fingerprint density at radius 2 is 2.00 bits per heavy atom. The van der Waals surface area contributed by atoms with E-state index in [2.05, 4.69) is 31.4 Å². The lowest BCUT2D eigenvalue weighted by Crippen LogP contribution is -1.97. The minimum absolute atomic E-state index is 0.295. The minimum Gasteiger partial charge on any atom is -0.496 e. The Bertz CT molecular complexity index is 1940. The Hall–Kier alpha value is -4.48. The molecule has 188 valence electrons. The first kappa shape index (κ1) is 22.7. The zero-order chi connectivity index (χ0) is 25.6. The summed E-state index contributed by atoms with van der Waals surface area (Å²) >= 11 is 3.15. The Kier molecular flexibility index (Phi) is 5.45. The third-order valence-corrected chi connectivity index (χ3v) is 7.64. The molecule has 0 aliphatic carbocycles. The first-order chi connectivity index (χ1) is 18.6. The zero-order valence-corrected chi connectivity index (χ0v) is 22.0. The van der Waals surface area contributed by atoms with Crippen molar-refractivity contribution >= 4 is 60.3 Å². The molecule has 7 rings (SSSR count). The third kappa shape index (κ3) is 4.21.